The van der Waals surface area contributed by atoms with Crippen molar-refractivity contribution in [3.8, 4) is 0 Å². The van der Waals surface area contributed by atoms with Crippen LogP contribution in [0.5, 0.6) is 0 Å². The first-order chi connectivity index (χ1) is 17.9. The number of pyridine rings is 1. The number of aliphatic carboxylic acids is 1. The van der Waals surface area contributed by atoms with Crippen LogP contribution in [0.1, 0.15) is 33.7 Å². The van der Waals surface area contributed by atoms with Crippen molar-refractivity contribution in [2.75, 3.05) is 13.1 Å². The summed E-state index contributed by atoms with van der Waals surface area (Å²) in [5, 5.41) is 14.3. The van der Waals surface area contributed by atoms with Gasteiger partial charge in [-0.3, -0.25) is 19.4 Å². The fourth-order valence-electron chi connectivity index (χ4n) is 5.03. The number of rotatable bonds is 4. The third kappa shape index (κ3) is 4.80. The number of carboxylic acid groups (broad SMARTS) is 1. The van der Waals surface area contributed by atoms with E-state index in [1.807, 2.05) is 30.4 Å². The van der Waals surface area contributed by atoms with Gasteiger partial charge in [0, 0.05) is 23.7 Å². The maximum Gasteiger partial charge on any atom is 0.328 e. The minimum absolute atomic E-state index is 0.138. The number of fused-ring (bicyclic) bond motifs is 2. The monoisotopic (exact) mass is 498 g/mol. The second kappa shape index (κ2) is 10.2. The largest absolute Gasteiger partial charge is 0.480 e. The Morgan fingerprint density at radius 3 is 2.43 bits per heavy atom. The zero-order valence-electron chi connectivity index (χ0n) is 20.0. The van der Waals surface area contributed by atoms with Gasteiger partial charge in [0.05, 0.1) is 12.6 Å². The van der Waals surface area contributed by atoms with Crippen molar-refractivity contribution in [1.82, 2.24) is 20.1 Å². The summed E-state index contributed by atoms with van der Waals surface area (Å²) >= 11 is 0. The van der Waals surface area contributed by atoms with Gasteiger partial charge < -0.3 is 20.2 Å². The molecule has 9 heteroatoms. The number of carboxylic acids is 1. The van der Waals surface area contributed by atoms with Crippen molar-refractivity contribution < 1.29 is 24.3 Å². The molecule has 0 spiro atoms. The van der Waals surface area contributed by atoms with Crippen molar-refractivity contribution in [1.29, 1.82) is 0 Å². The highest BCUT2D eigenvalue weighted by Gasteiger charge is 2.45. The summed E-state index contributed by atoms with van der Waals surface area (Å²) in [7, 11) is 0. The molecule has 0 bridgehead atoms. The minimum atomic E-state index is -1.24. The van der Waals surface area contributed by atoms with Crippen molar-refractivity contribution in [3.63, 3.8) is 0 Å². The number of carbonyl (C=O) groups excluding carboxylic acids is 3. The van der Waals surface area contributed by atoms with Crippen LogP contribution in [0.25, 0.3) is 10.8 Å². The number of nitrogens with zero attached hydrogens (tertiary/aromatic N) is 3. The highest BCUT2D eigenvalue weighted by atomic mass is 16.4. The fraction of sp³-hybridized carbons (Fsp3) is 0.250. The molecular weight excluding hydrogens is 472 g/mol. The molecule has 3 amide bonds. The van der Waals surface area contributed by atoms with Crippen LogP contribution in [0.4, 0.5) is 0 Å². The summed E-state index contributed by atoms with van der Waals surface area (Å²) in [6, 6.07) is 15.0. The normalized spacial score (nSPS) is 21.6. The number of hydrogen-bond acceptors (Lipinski definition) is 5. The molecule has 5 rings (SSSR count). The van der Waals surface area contributed by atoms with Crippen LogP contribution in [0, 0.1) is 0 Å². The average Bonchev–Trinajstić information content (AvgIpc) is 2.92. The van der Waals surface area contributed by atoms with E-state index >= 15 is 0 Å². The van der Waals surface area contributed by atoms with Gasteiger partial charge in [0.15, 0.2) is 0 Å². The molecule has 2 aliphatic heterocycles. The van der Waals surface area contributed by atoms with Crippen LogP contribution in [0.2, 0.25) is 0 Å². The standard InChI is InChI=1S/C28H26N4O5/c33-25(24-21-12-6-4-8-18(21)14-15-29-24)30-22-13-7-5-11-20-16-31(26(34)19-9-2-1-3-10-19)17-23(28(36)37)32(20)27(22)35/h1-10,12,14-15,20,22-23H,11,13,16-17H2,(H,30,33)(H,36,37)/t20-,22-,23-/m0/s1. The SMILES string of the molecule is O=C(N[C@H]1CC=CC[C@H]2CN(C(=O)c3ccccc3)C[C@@H](C(=O)O)N2C1=O)c1nccc2ccccc12. The third-order valence-corrected chi connectivity index (χ3v) is 6.84. The summed E-state index contributed by atoms with van der Waals surface area (Å²) in [5.74, 6) is -2.47. The first-order valence-electron chi connectivity index (χ1n) is 12.1. The number of benzene rings is 2. The van der Waals surface area contributed by atoms with Crippen LogP contribution in [-0.4, -0.2) is 74.8 Å². The van der Waals surface area contributed by atoms with Crippen molar-refractivity contribution in [3.05, 3.63) is 90.3 Å². The smallest absolute Gasteiger partial charge is 0.328 e. The second-order valence-corrected chi connectivity index (χ2v) is 9.18. The molecule has 37 heavy (non-hydrogen) atoms. The Morgan fingerprint density at radius 1 is 0.919 bits per heavy atom. The lowest BCUT2D eigenvalue weighted by molar-refractivity contribution is -0.157. The molecule has 1 aromatic heterocycles. The minimum Gasteiger partial charge on any atom is -0.480 e. The van der Waals surface area contributed by atoms with Gasteiger partial charge in [0.25, 0.3) is 11.8 Å². The van der Waals surface area contributed by atoms with E-state index in [2.05, 4.69) is 10.3 Å². The molecular formula is C28H26N4O5. The summed E-state index contributed by atoms with van der Waals surface area (Å²) in [6.45, 7) is 0.0553. The van der Waals surface area contributed by atoms with Crippen molar-refractivity contribution in [2.24, 2.45) is 0 Å². The van der Waals surface area contributed by atoms with Crippen LogP contribution in [0.15, 0.2) is 79.0 Å². The molecule has 0 unspecified atom stereocenters. The maximum atomic E-state index is 13.7. The van der Waals surface area contributed by atoms with Crippen LogP contribution in [-0.2, 0) is 9.59 Å². The molecule has 0 aliphatic carbocycles. The molecule has 2 N–H and O–H groups in total. The Hall–Kier alpha value is -4.53. The first-order valence-corrected chi connectivity index (χ1v) is 12.1. The predicted octanol–water partition coefficient (Wildman–Crippen LogP) is 2.49. The highest BCUT2D eigenvalue weighted by molar-refractivity contribution is 6.06. The molecule has 3 heterocycles. The van der Waals surface area contributed by atoms with Gasteiger partial charge in [-0.25, -0.2) is 4.79 Å². The van der Waals surface area contributed by atoms with E-state index in [0.717, 1.165) is 5.39 Å². The van der Waals surface area contributed by atoms with Crippen molar-refractivity contribution >= 4 is 34.5 Å². The van der Waals surface area contributed by atoms with Crippen LogP contribution < -0.4 is 5.32 Å². The number of piperazine rings is 1. The molecule has 9 nitrogen and oxygen atoms in total. The molecule has 0 radical (unpaired) electrons. The summed E-state index contributed by atoms with van der Waals surface area (Å²) < 4.78 is 0. The third-order valence-electron chi connectivity index (χ3n) is 6.84. The quantitative estimate of drug-likeness (QED) is 0.534. The van der Waals surface area contributed by atoms with Gasteiger partial charge in [-0.15, -0.1) is 0 Å². The number of carbonyl (C=O) groups is 4. The fourth-order valence-corrected chi connectivity index (χ4v) is 5.03. The molecule has 2 aliphatic rings. The zero-order valence-corrected chi connectivity index (χ0v) is 20.0. The zero-order chi connectivity index (χ0) is 25.9. The van der Waals surface area contributed by atoms with E-state index in [0.29, 0.717) is 17.4 Å². The van der Waals surface area contributed by atoms with Gasteiger partial charge in [0.1, 0.15) is 17.8 Å². The topological polar surface area (TPSA) is 120 Å². The van der Waals surface area contributed by atoms with Gasteiger partial charge in [-0.05, 0) is 36.4 Å². The van der Waals surface area contributed by atoms with E-state index in [9.17, 15) is 24.3 Å². The Kier molecular flexibility index (Phi) is 6.68. The number of amides is 3. The van der Waals surface area contributed by atoms with E-state index in [4.69, 9.17) is 0 Å². The molecule has 2 aromatic carbocycles. The Balaban J connectivity index is 1.41. The van der Waals surface area contributed by atoms with Crippen LogP contribution >= 0.6 is 0 Å². The van der Waals surface area contributed by atoms with E-state index in [1.165, 1.54) is 16.0 Å². The van der Waals surface area contributed by atoms with Crippen LogP contribution in [0.3, 0.4) is 0 Å². The molecule has 1 fully saturated rings. The molecule has 0 saturated carbocycles. The number of nitrogens with one attached hydrogen (secondary N) is 1. The summed E-state index contributed by atoms with van der Waals surface area (Å²) in [4.78, 5) is 59.4. The molecule has 3 aromatic rings. The second-order valence-electron chi connectivity index (χ2n) is 9.18. The first kappa shape index (κ1) is 24.2. The molecule has 188 valence electrons. The van der Waals surface area contributed by atoms with Gasteiger partial charge in [-0.2, -0.15) is 0 Å². The Bertz CT molecular complexity index is 1380. The maximum absolute atomic E-state index is 13.7. The number of hydrogen-bond donors (Lipinski definition) is 2. The van der Waals surface area contributed by atoms with Crippen molar-refractivity contribution in [2.45, 2.75) is 31.0 Å². The predicted molar refractivity (Wildman–Crippen MR) is 136 cm³/mol. The van der Waals surface area contributed by atoms with Gasteiger partial charge in [0.2, 0.25) is 5.91 Å². The highest BCUT2D eigenvalue weighted by Crippen LogP contribution is 2.25. The average molecular weight is 499 g/mol. The summed E-state index contributed by atoms with van der Waals surface area (Å²) in [6.07, 6.45) is 5.84. The number of aromatic nitrogens is 1. The molecule has 3 atom stereocenters. The lowest BCUT2D eigenvalue weighted by Crippen LogP contribution is -2.66. The van der Waals surface area contributed by atoms with E-state index in [1.54, 1.807) is 42.5 Å². The van der Waals surface area contributed by atoms with E-state index < -0.39 is 35.9 Å². The lowest BCUT2D eigenvalue weighted by Gasteiger charge is -2.46. The Morgan fingerprint density at radius 2 is 1.65 bits per heavy atom. The van der Waals surface area contributed by atoms with Gasteiger partial charge >= 0.3 is 5.97 Å². The molecule has 1 saturated heterocycles. The van der Waals surface area contributed by atoms with Gasteiger partial charge in [-0.1, -0.05) is 54.6 Å². The lowest BCUT2D eigenvalue weighted by atomic mass is 9.96. The summed E-state index contributed by atoms with van der Waals surface area (Å²) in [5.41, 5.74) is 0.655. The van der Waals surface area contributed by atoms with E-state index in [-0.39, 0.29) is 31.1 Å². The Labute approximate surface area is 213 Å².